The van der Waals surface area contributed by atoms with E-state index in [1.54, 1.807) is 12.8 Å². The second-order valence-corrected chi connectivity index (χ2v) is 4.78. The smallest absolute Gasteiger partial charge is 0.0355 e. The first kappa shape index (κ1) is 7.64. The Morgan fingerprint density at radius 1 is 1.00 bits per heavy atom. The molecule has 0 aromatic heterocycles. The topological polar surface area (TPSA) is 0 Å². The van der Waals surface area contributed by atoms with Crippen molar-refractivity contribution in [3.63, 3.8) is 0 Å². The molecule has 0 saturated heterocycles. The molecule has 4 unspecified atom stereocenters. The normalized spacial score (nSPS) is 50.7. The third-order valence-electron chi connectivity index (χ3n) is 4.03. The fourth-order valence-electron chi connectivity index (χ4n) is 2.80. The van der Waals surface area contributed by atoms with Crippen LogP contribution in [0.5, 0.6) is 0 Å². The molecule has 2 aliphatic carbocycles. The van der Waals surface area contributed by atoms with E-state index in [0.717, 1.165) is 23.7 Å². The molecule has 0 spiro atoms. The van der Waals surface area contributed by atoms with Crippen LogP contribution in [0.2, 0.25) is 0 Å². The van der Waals surface area contributed by atoms with Gasteiger partial charge in [0.15, 0.2) is 0 Å². The maximum absolute atomic E-state index is 2.47. The molecule has 2 fully saturated rings. The molecule has 2 saturated carbocycles. The molecule has 0 aliphatic heterocycles. The van der Waals surface area contributed by atoms with Crippen LogP contribution in [-0.2, 0) is 0 Å². The first-order chi connectivity index (χ1) is 5.29. The average molecular weight is 152 g/mol. The van der Waals surface area contributed by atoms with Crippen molar-refractivity contribution in [2.45, 2.75) is 46.0 Å². The molecular formula is C11H20. The summed E-state index contributed by atoms with van der Waals surface area (Å²) in [5, 5.41) is 0. The van der Waals surface area contributed by atoms with Crippen LogP contribution in [0.15, 0.2) is 0 Å². The zero-order chi connectivity index (χ0) is 7.84. The lowest BCUT2D eigenvalue weighted by atomic mass is 9.84. The molecule has 11 heavy (non-hydrogen) atoms. The Morgan fingerprint density at radius 2 is 1.73 bits per heavy atom. The van der Waals surface area contributed by atoms with E-state index >= 15 is 0 Å². The van der Waals surface area contributed by atoms with Crippen LogP contribution in [-0.4, -0.2) is 0 Å². The zero-order valence-corrected chi connectivity index (χ0v) is 7.84. The van der Waals surface area contributed by atoms with Crippen molar-refractivity contribution in [3.05, 3.63) is 0 Å². The van der Waals surface area contributed by atoms with Gasteiger partial charge in [-0.2, -0.15) is 0 Å². The highest BCUT2D eigenvalue weighted by molar-refractivity contribution is 4.92. The Bertz CT molecular complexity index is 137. The van der Waals surface area contributed by atoms with E-state index < -0.39 is 0 Å². The van der Waals surface area contributed by atoms with E-state index in [2.05, 4.69) is 13.8 Å². The van der Waals surface area contributed by atoms with E-state index in [4.69, 9.17) is 0 Å². The molecule has 0 N–H and O–H groups in total. The van der Waals surface area contributed by atoms with Gasteiger partial charge in [-0.3, -0.25) is 0 Å². The minimum atomic E-state index is 1.00. The average Bonchev–Trinajstić information content (AvgIpc) is 2.73. The monoisotopic (exact) mass is 152 g/mol. The van der Waals surface area contributed by atoms with E-state index in [1.165, 1.54) is 19.3 Å². The van der Waals surface area contributed by atoms with Gasteiger partial charge >= 0.3 is 0 Å². The van der Waals surface area contributed by atoms with Gasteiger partial charge in [0.25, 0.3) is 0 Å². The molecule has 4 atom stereocenters. The van der Waals surface area contributed by atoms with Crippen LogP contribution in [0.4, 0.5) is 0 Å². The Hall–Kier alpha value is 0. The van der Waals surface area contributed by atoms with Gasteiger partial charge in [-0.1, -0.05) is 39.5 Å². The highest BCUT2D eigenvalue weighted by Gasteiger charge is 2.42. The summed E-state index contributed by atoms with van der Waals surface area (Å²) in [6.07, 6.45) is 7.60. The van der Waals surface area contributed by atoms with Crippen molar-refractivity contribution < 1.29 is 0 Å². The van der Waals surface area contributed by atoms with Crippen LogP contribution in [0, 0.1) is 23.7 Å². The highest BCUT2D eigenvalue weighted by atomic mass is 14.5. The molecule has 2 aliphatic rings. The molecular weight excluding hydrogens is 132 g/mol. The van der Waals surface area contributed by atoms with E-state index in [1.807, 2.05) is 0 Å². The standard InChI is InChI=1S/C11H20/c1-8-5-3-4-6-10-7-11(10)9(8)2/h8-11H,3-7H2,1-2H3. The van der Waals surface area contributed by atoms with Gasteiger partial charge in [-0.15, -0.1) is 0 Å². The molecule has 64 valence electrons. The third kappa shape index (κ3) is 1.45. The fourth-order valence-corrected chi connectivity index (χ4v) is 2.80. The van der Waals surface area contributed by atoms with Gasteiger partial charge in [-0.25, -0.2) is 0 Å². The van der Waals surface area contributed by atoms with E-state index in [0.29, 0.717) is 0 Å². The minimum Gasteiger partial charge on any atom is -0.0622 e. The van der Waals surface area contributed by atoms with Crippen molar-refractivity contribution in [1.82, 2.24) is 0 Å². The van der Waals surface area contributed by atoms with Crippen molar-refractivity contribution in [1.29, 1.82) is 0 Å². The summed E-state index contributed by atoms with van der Waals surface area (Å²) in [7, 11) is 0. The molecule has 0 aromatic carbocycles. The summed E-state index contributed by atoms with van der Waals surface area (Å²) < 4.78 is 0. The second kappa shape index (κ2) is 2.80. The Labute approximate surface area is 70.4 Å². The second-order valence-electron chi connectivity index (χ2n) is 4.78. The van der Waals surface area contributed by atoms with Gasteiger partial charge in [0, 0.05) is 0 Å². The van der Waals surface area contributed by atoms with E-state index in [9.17, 15) is 0 Å². The van der Waals surface area contributed by atoms with Crippen LogP contribution in [0.25, 0.3) is 0 Å². The van der Waals surface area contributed by atoms with Crippen LogP contribution >= 0.6 is 0 Å². The minimum absolute atomic E-state index is 1.00. The third-order valence-corrected chi connectivity index (χ3v) is 4.03. The quantitative estimate of drug-likeness (QED) is 0.498. The van der Waals surface area contributed by atoms with Gasteiger partial charge in [0.05, 0.1) is 0 Å². The molecule has 0 aromatic rings. The van der Waals surface area contributed by atoms with Gasteiger partial charge in [-0.05, 0) is 30.1 Å². The molecule has 2 rings (SSSR count). The van der Waals surface area contributed by atoms with Gasteiger partial charge in [0.1, 0.15) is 0 Å². The van der Waals surface area contributed by atoms with Crippen molar-refractivity contribution >= 4 is 0 Å². The summed E-state index contributed by atoms with van der Waals surface area (Å²) in [6, 6.07) is 0. The predicted molar refractivity (Wildman–Crippen MR) is 48.4 cm³/mol. The zero-order valence-electron chi connectivity index (χ0n) is 7.84. The van der Waals surface area contributed by atoms with E-state index in [-0.39, 0.29) is 0 Å². The number of hydrogen-bond donors (Lipinski definition) is 0. The van der Waals surface area contributed by atoms with Crippen LogP contribution in [0.3, 0.4) is 0 Å². The van der Waals surface area contributed by atoms with Crippen LogP contribution < -0.4 is 0 Å². The lowest BCUT2D eigenvalue weighted by Gasteiger charge is -2.22. The number of hydrogen-bond acceptors (Lipinski definition) is 0. The fraction of sp³-hybridized carbons (Fsp3) is 1.00. The maximum Gasteiger partial charge on any atom is -0.0355 e. The lowest BCUT2D eigenvalue weighted by Crippen LogP contribution is -2.13. The predicted octanol–water partition coefficient (Wildman–Crippen LogP) is 3.47. The number of fused-ring (bicyclic) bond motifs is 1. The number of rotatable bonds is 0. The molecule has 0 nitrogen and oxygen atoms in total. The summed E-state index contributed by atoms with van der Waals surface area (Å²) in [4.78, 5) is 0. The maximum atomic E-state index is 2.47. The van der Waals surface area contributed by atoms with Gasteiger partial charge in [0.2, 0.25) is 0 Å². The summed E-state index contributed by atoms with van der Waals surface area (Å²) in [5.41, 5.74) is 0. The SMILES string of the molecule is CC1CCCCC2CC2C1C. The first-order valence-corrected chi connectivity index (χ1v) is 5.29. The Balaban J connectivity index is 1.95. The largest absolute Gasteiger partial charge is 0.0622 e. The summed E-state index contributed by atoms with van der Waals surface area (Å²) >= 11 is 0. The Kier molecular flexibility index (Phi) is 1.95. The molecule has 0 amide bonds. The van der Waals surface area contributed by atoms with Gasteiger partial charge < -0.3 is 0 Å². The molecule has 0 radical (unpaired) electrons. The molecule has 0 heterocycles. The lowest BCUT2D eigenvalue weighted by molar-refractivity contribution is 0.283. The first-order valence-electron chi connectivity index (χ1n) is 5.29. The highest BCUT2D eigenvalue weighted by Crippen LogP contribution is 2.51. The van der Waals surface area contributed by atoms with Crippen LogP contribution in [0.1, 0.15) is 46.0 Å². The Morgan fingerprint density at radius 3 is 2.55 bits per heavy atom. The molecule has 0 heteroatoms. The summed E-state index contributed by atoms with van der Waals surface area (Å²) in [5.74, 6) is 4.31. The molecule has 0 bridgehead atoms. The van der Waals surface area contributed by atoms with Crippen molar-refractivity contribution in [2.24, 2.45) is 23.7 Å². The van der Waals surface area contributed by atoms with Crippen molar-refractivity contribution in [3.8, 4) is 0 Å². The summed E-state index contributed by atoms with van der Waals surface area (Å²) in [6.45, 7) is 4.92. The van der Waals surface area contributed by atoms with Crippen molar-refractivity contribution in [2.75, 3.05) is 0 Å².